The predicted molar refractivity (Wildman–Crippen MR) is 107 cm³/mol. The van der Waals surface area contributed by atoms with Gasteiger partial charge in [0.25, 0.3) is 0 Å². The van der Waals surface area contributed by atoms with Crippen LogP contribution in [0.2, 0.25) is 0 Å². The van der Waals surface area contributed by atoms with E-state index < -0.39 is 0 Å². The topological polar surface area (TPSA) is 52.8 Å². The van der Waals surface area contributed by atoms with E-state index in [1.165, 1.54) is 0 Å². The SMILES string of the molecule is COc1ccc2c(C)nc(CCc3nc(-c4ccccc4)cn3C)nc2c1. The summed E-state index contributed by atoms with van der Waals surface area (Å²) in [7, 11) is 3.70. The van der Waals surface area contributed by atoms with Crippen LogP contribution in [0.15, 0.2) is 54.7 Å². The highest BCUT2D eigenvalue weighted by Gasteiger charge is 2.10. The Kier molecular flexibility index (Phi) is 4.59. The number of rotatable bonds is 5. The van der Waals surface area contributed by atoms with Crippen LogP contribution in [-0.4, -0.2) is 26.6 Å². The zero-order valence-corrected chi connectivity index (χ0v) is 15.8. The molecule has 2 aromatic heterocycles. The number of hydrogen-bond donors (Lipinski definition) is 0. The van der Waals surface area contributed by atoms with Crippen molar-refractivity contribution in [2.24, 2.45) is 7.05 Å². The van der Waals surface area contributed by atoms with E-state index in [0.29, 0.717) is 0 Å². The summed E-state index contributed by atoms with van der Waals surface area (Å²) >= 11 is 0. The van der Waals surface area contributed by atoms with Crippen LogP contribution in [0.3, 0.4) is 0 Å². The van der Waals surface area contributed by atoms with Crippen LogP contribution in [0, 0.1) is 6.92 Å². The highest BCUT2D eigenvalue weighted by atomic mass is 16.5. The number of aromatic nitrogens is 4. The molecular weight excluding hydrogens is 336 g/mol. The summed E-state index contributed by atoms with van der Waals surface area (Å²) in [5, 5.41) is 1.06. The Morgan fingerprint density at radius 3 is 2.56 bits per heavy atom. The van der Waals surface area contributed by atoms with Gasteiger partial charge in [0.15, 0.2) is 0 Å². The Bertz CT molecular complexity index is 1090. The van der Waals surface area contributed by atoms with Crippen LogP contribution in [0.25, 0.3) is 22.2 Å². The van der Waals surface area contributed by atoms with E-state index in [2.05, 4.69) is 27.9 Å². The Balaban J connectivity index is 1.57. The van der Waals surface area contributed by atoms with Gasteiger partial charge in [-0.05, 0) is 19.1 Å². The van der Waals surface area contributed by atoms with Gasteiger partial charge in [-0.1, -0.05) is 30.3 Å². The third-order valence-corrected chi connectivity index (χ3v) is 4.76. The molecule has 2 aromatic carbocycles. The lowest BCUT2D eigenvalue weighted by Gasteiger charge is -2.07. The van der Waals surface area contributed by atoms with E-state index in [4.69, 9.17) is 14.7 Å². The highest BCUT2D eigenvalue weighted by Crippen LogP contribution is 2.22. The van der Waals surface area contributed by atoms with Crippen molar-refractivity contribution in [2.75, 3.05) is 7.11 Å². The van der Waals surface area contributed by atoms with Gasteiger partial charge in [0.1, 0.15) is 17.4 Å². The molecule has 5 heteroatoms. The minimum absolute atomic E-state index is 0.743. The van der Waals surface area contributed by atoms with Crippen LogP contribution in [0.5, 0.6) is 5.75 Å². The summed E-state index contributed by atoms with van der Waals surface area (Å²) < 4.78 is 7.40. The number of hydrogen-bond acceptors (Lipinski definition) is 4. The quantitative estimate of drug-likeness (QED) is 0.538. The van der Waals surface area contributed by atoms with E-state index in [9.17, 15) is 0 Å². The van der Waals surface area contributed by atoms with E-state index in [-0.39, 0.29) is 0 Å². The van der Waals surface area contributed by atoms with Gasteiger partial charge in [0.05, 0.1) is 18.3 Å². The fraction of sp³-hybridized carbons (Fsp3) is 0.227. The normalized spacial score (nSPS) is 11.1. The molecule has 0 aliphatic rings. The van der Waals surface area contributed by atoms with Crippen molar-refractivity contribution in [3.63, 3.8) is 0 Å². The highest BCUT2D eigenvalue weighted by molar-refractivity contribution is 5.82. The average molecular weight is 358 g/mol. The molecule has 0 fully saturated rings. The molecule has 0 aliphatic carbocycles. The number of ether oxygens (including phenoxy) is 1. The molecule has 4 rings (SSSR count). The molecule has 0 saturated heterocycles. The van der Waals surface area contributed by atoms with Gasteiger partial charge in [0, 0.05) is 48.8 Å². The van der Waals surface area contributed by atoms with Crippen LogP contribution in [-0.2, 0) is 19.9 Å². The van der Waals surface area contributed by atoms with Gasteiger partial charge >= 0.3 is 0 Å². The summed E-state index contributed by atoms with van der Waals surface area (Å²) in [4.78, 5) is 14.2. The smallest absolute Gasteiger partial charge is 0.129 e. The number of methoxy groups -OCH3 is 1. The Morgan fingerprint density at radius 1 is 0.963 bits per heavy atom. The van der Waals surface area contributed by atoms with Gasteiger partial charge in [-0.2, -0.15) is 0 Å². The summed E-state index contributed by atoms with van der Waals surface area (Å²) in [6.45, 7) is 2.02. The zero-order chi connectivity index (χ0) is 18.8. The largest absolute Gasteiger partial charge is 0.497 e. The number of imidazole rings is 1. The Hall–Kier alpha value is -3.21. The maximum atomic E-state index is 5.32. The molecule has 0 saturated carbocycles. The van der Waals surface area contributed by atoms with E-state index in [0.717, 1.165) is 58.1 Å². The molecule has 0 aliphatic heterocycles. The van der Waals surface area contributed by atoms with E-state index >= 15 is 0 Å². The molecule has 0 radical (unpaired) electrons. The summed E-state index contributed by atoms with van der Waals surface area (Å²) in [5.41, 5.74) is 4.03. The first-order chi connectivity index (χ1) is 13.1. The first-order valence-corrected chi connectivity index (χ1v) is 9.03. The van der Waals surface area contributed by atoms with Crippen molar-refractivity contribution in [1.82, 2.24) is 19.5 Å². The van der Waals surface area contributed by atoms with Crippen molar-refractivity contribution in [2.45, 2.75) is 19.8 Å². The fourth-order valence-electron chi connectivity index (χ4n) is 3.28. The van der Waals surface area contributed by atoms with E-state index in [1.54, 1.807) is 7.11 Å². The molecule has 4 aromatic rings. The van der Waals surface area contributed by atoms with Crippen molar-refractivity contribution >= 4 is 10.9 Å². The van der Waals surface area contributed by atoms with Gasteiger partial charge in [-0.25, -0.2) is 15.0 Å². The molecule has 0 amide bonds. The average Bonchev–Trinajstić information content (AvgIpc) is 3.07. The third-order valence-electron chi connectivity index (χ3n) is 4.76. The maximum absolute atomic E-state index is 5.32. The number of aryl methyl sites for hydroxylation is 4. The monoisotopic (exact) mass is 358 g/mol. The minimum Gasteiger partial charge on any atom is -0.497 e. The van der Waals surface area contributed by atoms with Crippen molar-refractivity contribution in [3.05, 3.63) is 72.1 Å². The lowest BCUT2D eigenvalue weighted by molar-refractivity contribution is 0.415. The van der Waals surface area contributed by atoms with E-state index in [1.807, 2.05) is 50.4 Å². The molecule has 0 atom stereocenters. The molecule has 0 unspecified atom stereocenters. The number of benzene rings is 2. The zero-order valence-electron chi connectivity index (χ0n) is 15.8. The first-order valence-electron chi connectivity index (χ1n) is 9.03. The molecule has 5 nitrogen and oxygen atoms in total. The second-order valence-corrected chi connectivity index (χ2v) is 6.63. The number of fused-ring (bicyclic) bond motifs is 1. The van der Waals surface area contributed by atoms with Gasteiger partial charge in [-0.15, -0.1) is 0 Å². The molecule has 136 valence electrons. The van der Waals surface area contributed by atoms with Crippen LogP contribution < -0.4 is 4.74 Å². The minimum atomic E-state index is 0.743. The summed E-state index contributed by atoms with van der Waals surface area (Å²) in [5.74, 6) is 2.67. The van der Waals surface area contributed by atoms with Gasteiger partial charge in [-0.3, -0.25) is 0 Å². The van der Waals surface area contributed by atoms with Crippen LogP contribution >= 0.6 is 0 Å². The summed E-state index contributed by atoms with van der Waals surface area (Å²) in [6.07, 6.45) is 3.60. The second-order valence-electron chi connectivity index (χ2n) is 6.63. The predicted octanol–water partition coefficient (Wildman–Crippen LogP) is 4.13. The molecule has 2 heterocycles. The summed E-state index contributed by atoms with van der Waals surface area (Å²) in [6, 6.07) is 16.1. The van der Waals surface area contributed by atoms with Gasteiger partial charge < -0.3 is 9.30 Å². The standard InChI is InChI=1S/C22H22N4O/c1-15-18-10-9-17(27-3)13-19(18)24-21(23-15)11-12-22-25-20(14-26(22)2)16-7-5-4-6-8-16/h4-10,13-14H,11-12H2,1-3H3. The number of nitrogens with zero attached hydrogens (tertiary/aromatic N) is 4. The molecule has 0 bridgehead atoms. The lowest BCUT2D eigenvalue weighted by Crippen LogP contribution is -2.04. The third kappa shape index (κ3) is 3.53. The van der Waals surface area contributed by atoms with Crippen molar-refractivity contribution in [3.8, 4) is 17.0 Å². The Morgan fingerprint density at radius 2 is 1.78 bits per heavy atom. The fourth-order valence-corrected chi connectivity index (χ4v) is 3.28. The van der Waals surface area contributed by atoms with Crippen LogP contribution in [0.1, 0.15) is 17.3 Å². The first kappa shape index (κ1) is 17.2. The maximum Gasteiger partial charge on any atom is 0.129 e. The molecular formula is C22H22N4O. The molecule has 0 spiro atoms. The van der Waals surface area contributed by atoms with Crippen LogP contribution in [0.4, 0.5) is 0 Å². The van der Waals surface area contributed by atoms with Crippen molar-refractivity contribution in [1.29, 1.82) is 0 Å². The Labute approximate surface area is 158 Å². The molecule has 27 heavy (non-hydrogen) atoms. The lowest BCUT2D eigenvalue weighted by atomic mass is 10.1. The van der Waals surface area contributed by atoms with Crippen molar-refractivity contribution < 1.29 is 4.74 Å². The van der Waals surface area contributed by atoms with Gasteiger partial charge in [0.2, 0.25) is 0 Å². The second kappa shape index (κ2) is 7.19. The molecule has 0 N–H and O–H groups in total.